The highest BCUT2D eigenvalue weighted by molar-refractivity contribution is 6.00. The first-order chi connectivity index (χ1) is 15.7. The molecule has 0 aliphatic carbocycles. The van der Waals surface area contributed by atoms with Crippen molar-refractivity contribution in [2.45, 2.75) is 13.8 Å². The molecule has 0 unspecified atom stereocenters. The molecule has 0 atom stereocenters. The van der Waals surface area contributed by atoms with Crippen molar-refractivity contribution in [1.29, 1.82) is 0 Å². The Balaban J connectivity index is 1.56. The summed E-state index contributed by atoms with van der Waals surface area (Å²) in [5, 5.41) is 22.5. The van der Waals surface area contributed by atoms with E-state index < -0.39 is 0 Å². The summed E-state index contributed by atoms with van der Waals surface area (Å²) in [6.45, 7) is 4.26. The van der Waals surface area contributed by atoms with Gasteiger partial charge >= 0.3 is 0 Å². The van der Waals surface area contributed by atoms with Crippen molar-refractivity contribution in [3.8, 4) is 0 Å². The van der Waals surface area contributed by atoms with E-state index >= 15 is 0 Å². The summed E-state index contributed by atoms with van der Waals surface area (Å²) in [6.07, 6.45) is 0. The topological polar surface area (TPSA) is 49.4 Å². The Bertz CT molecular complexity index is 1480. The number of rotatable bonds is 4. The maximum absolute atomic E-state index is 4.63. The Kier molecular flexibility index (Phi) is 5.26. The summed E-state index contributed by atoms with van der Waals surface area (Å²) >= 11 is 0. The highest BCUT2D eigenvalue weighted by atomic mass is 15.1. The van der Waals surface area contributed by atoms with Gasteiger partial charge in [-0.3, -0.25) is 0 Å². The largest absolute Gasteiger partial charge is 0.151 e. The van der Waals surface area contributed by atoms with Gasteiger partial charge in [-0.1, -0.05) is 66.7 Å². The van der Waals surface area contributed by atoms with Crippen LogP contribution in [0.3, 0.4) is 0 Å². The van der Waals surface area contributed by atoms with E-state index in [1.807, 2.05) is 72.8 Å². The number of aryl methyl sites for hydroxylation is 2. The van der Waals surface area contributed by atoms with Gasteiger partial charge in [0.05, 0.1) is 22.7 Å². The normalized spacial score (nSPS) is 11.8. The second-order valence-corrected chi connectivity index (χ2v) is 7.78. The van der Waals surface area contributed by atoms with Crippen LogP contribution >= 0.6 is 0 Å². The Labute approximate surface area is 187 Å². The Morgan fingerprint density at radius 1 is 0.406 bits per heavy atom. The first-order valence-corrected chi connectivity index (χ1v) is 10.6. The van der Waals surface area contributed by atoms with E-state index in [-0.39, 0.29) is 0 Å². The molecule has 5 rings (SSSR count). The number of hydrogen-bond acceptors (Lipinski definition) is 4. The third kappa shape index (κ3) is 3.79. The lowest BCUT2D eigenvalue weighted by atomic mass is 10.00. The van der Waals surface area contributed by atoms with Crippen molar-refractivity contribution in [2.24, 2.45) is 20.5 Å². The van der Waals surface area contributed by atoms with Crippen molar-refractivity contribution in [2.75, 3.05) is 0 Å². The summed E-state index contributed by atoms with van der Waals surface area (Å²) in [6, 6.07) is 32.2. The van der Waals surface area contributed by atoms with Gasteiger partial charge in [0.2, 0.25) is 0 Å². The van der Waals surface area contributed by atoms with Gasteiger partial charge in [0, 0.05) is 16.2 Å². The molecule has 0 aromatic heterocycles. The lowest BCUT2D eigenvalue weighted by Gasteiger charge is -2.08. The average Bonchev–Trinajstić information content (AvgIpc) is 2.83. The van der Waals surface area contributed by atoms with Crippen LogP contribution in [-0.2, 0) is 0 Å². The summed E-state index contributed by atoms with van der Waals surface area (Å²) in [7, 11) is 0. The van der Waals surface area contributed by atoms with E-state index in [2.05, 4.69) is 58.6 Å². The lowest BCUT2D eigenvalue weighted by Crippen LogP contribution is -1.83. The van der Waals surface area contributed by atoms with Crippen molar-refractivity contribution in [3.05, 3.63) is 108 Å². The van der Waals surface area contributed by atoms with E-state index in [1.54, 1.807) is 0 Å². The number of nitrogens with zero attached hydrogens (tertiary/aromatic N) is 4. The van der Waals surface area contributed by atoms with Crippen molar-refractivity contribution < 1.29 is 0 Å². The zero-order chi connectivity index (χ0) is 21.9. The lowest BCUT2D eigenvalue weighted by molar-refractivity contribution is 1.23. The molecule has 0 N–H and O–H groups in total. The van der Waals surface area contributed by atoms with Crippen LogP contribution in [0.15, 0.2) is 118 Å². The van der Waals surface area contributed by atoms with Crippen LogP contribution in [0.1, 0.15) is 11.1 Å². The molecule has 0 aliphatic heterocycles. The summed E-state index contributed by atoms with van der Waals surface area (Å²) in [5.41, 5.74) is 5.79. The Hall–Kier alpha value is -4.18. The average molecular weight is 415 g/mol. The monoisotopic (exact) mass is 414 g/mol. The fraction of sp³-hybridized carbons (Fsp3) is 0.0714. The predicted molar refractivity (Wildman–Crippen MR) is 132 cm³/mol. The SMILES string of the molecule is Cc1cccc2c(N=Nc3ccc(N=Nc4ccccc4)c4ccccc34)ccc(C)c12. The highest BCUT2D eigenvalue weighted by Gasteiger charge is 2.08. The van der Waals surface area contributed by atoms with Crippen LogP contribution < -0.4 is 0 Å². The van der Waals surface area contributed by atoms with Crippen LogP contribution in [0.25, 0.3) is 21.5 Å². The van der Waals surface area contributed by atoms with E-state index in [1.165, 1.54) is 16.5 Å². The predicted octanol–water partition coefficient (Wildman–Crippen LogP) is 9.44. The molecule has 0 aliphatic rings. The molecule has 4 nitrogen and oxygen atoms in total. The van der Waals surface area contributed by atoms with Crippen LogP contribution in [0.2, 0.25) is 0 Å². The van der Waals surface area contributed by atoms with E-state index in [9.17, 15) is 0 Å². The zero-order valence-electron chi connectivity index (χ0n) is 18.0. The molecule has 4 heteroatoms. The number of azo groups is 2. The van der Waals surface area contributed by atoms with E-state index in [0.717, 1.165) is 38.9 Å². The standard InChI is InChI=1S/C28H22N4/c1-19-9-8-14-24-27(16-15-20(2)28(19)24)32-31-26-18-17-25(22-12-6-7-13-23(22)26)30-29-21-10-4-3-5-11-21/h3-18H,1-2H3. The minimum Gasteiger partial charge on any atom is -0.151 e. The fourth-order valence-corrected chi connectivity index (χ4v) is 4.02. The molecule has 0 spiro atoms. The molecule has 0 fully saturated rings. The minimum absolute atomic E-state index is 0.805. The summed E-state index contributed by atoms with van der Waals surface area (Å²) in [5.74, 6) is 0. The van der Waals surface area contributed by atoms with Crippen LogP contribution in [0.5, 0.6) is 0 Å². The second kappa shape index (κ2) is 8.52. The molecular weight excluding hydrogens is 392 g/mol. The van der Waals surface area contributed by atoms with Crippen LogP contribution in [-0.4, -0.2) is 0 Å². The van der Waals surface area contributed by atoms with Gasteiger partial charge in [-0.25, -0.2) is 0 Å². The van der Waals surface area contributed by atoms with E-state index in [0.29, 0.717) is 0 Å². The summed E-state index contributed by atoms with van der Waals surface area (Å²) < 4.78 is 0. The van der Waals surface area contributed by atoms with Gasteiger partial charge in [0.15, 0.2) is 0 Å². The molecule has 0 amide bonds. The molecule has 5 aromatic rings. The molecule has 5 aromatic carbocycles. The van der Waals surface area contributed by atoms with Gasteiger partial charge < -0.3 is 0 Å². The Morgan fingerprint density at radius 3 is 1.59 bits per heavy atom. The maximum Gasteiger partial charge on any atom is 0.0936 e. The molecule has 0 saturated carbocycles. The summed E-state index contributed by atoms with van der Waals surface area (Å²) in [4.78, 5) is 0. The van der Waals surface area contributed by atoms with Gasteiger partial charge in [-0.15, -0.1) is 15.3 Å². The number of hydrogen-bond donors (Lipinski definition) is 0. The van der Waals surface area contributed by atoms with Gasteiger partial charge in [-0.2, -0.15) is 5.11 Å². The molecule has 0 radical (unpaired) electrons. The van der Waals surface area contributed by atoms with E-state index in [4.69, 9.17) is 0 Å². The molecule has 0 heterocycles. The Morgan fingerprint density at radius 2 is 0.906 bits per heavy atom. The molecule has 0 saturated heterocycles. The van der Waals surface area contributed by atoms with Gasteiger partial charge in [0.25, 0.3) is 0 Å². The van der Waals surface area contributed by atoms with Crippen molar-refractivity contribution in [1.82, 2.24) is 0 Å². The van der Waals surface area contributed by atoms with Gasteiger partial charge in [-0.05, 0) is 60.7 Å². The smallest absolute Gasteiger partial charge is 0.0936 e. The number of fused-ring (bicyclic) bond motifs is 2. The molecule has 0 bridgehead atoms. The van der Waals surface area contributed by atoms with Crippen molar-refractivity contribution in [3.63, 3.8) is 0 Å². The highest BCUT2D eigenvalue weighted by Crippen LogP contribution is 2.36. The fourth-order valence-electron chi connectivity index (χ4n) is 4.02. The first-order valence-electron chi connectivity index (χ1n) is 10.6. The molecule has 32 heavy (non-hydrogen) atoms. The van der Waals surface area contributed by atoms with Gasteiger partial charge in [0.1, 0.15) is 0 Å². The number of benzene rings is 5. The second-order valence-electron chi connectivity index (χ2n) is 7.78. The third-order valence-corrected chi connectivity index (χ3v) is 5.61. The van der Waals surface area contributed by atoms with Crippen LogP contribution in [0.4, 0.5) is 22.7 Å². The van der Waals surface area contributed by atoms with Crippen molar-refractivity contribution >= 4 is 44.3 Å². The van der Waals surface area contributed by atoms with Crippen LogP contribution in [0, 0.1) is 13.8 Å². The zero-order valence-corrected chi connectivity index (χ0v) is 18.0. The molecule has 154 valence electrons. The third-order valence-electron chi connectivity index (χ3n) is 5.61. The molecular formula is C28H22N4. The maximum atomic E-state index is 4.63. The minimum atomic E-state index is 0.805. The quantitative estimate of drug-likeness (QED) is 0.263. The first kappa shape index (κ1) is 19.8.